The number of nitrogens with zero attached hydrogens (tertiary/aromatic N) is 3. The van der Waals surface area contributed by atoms with E-state index in [1.165, 1.54) is 0 Å². The van der Waals surface area contributed by atoms with Crippen LogP contribution in [-0.4, -0.2) is 50.8 Å². The smallest absolute Gasteiger partial charge is 0.122 e. The van der Waals surface area contributed by atoms with Crippen LogP contribution in [0.3, 0.4) is 0 Å². The number of fused-ring (bicyclic) bond motifs is 1. The number of aliphatic hydroxyl groups is 1. The second-order valence-electron chi connectivity index (χ2n) is 5.81. The minimum Gasteiger partial charge on any atom is -0.394 e. The molecule has 2 atom stereocenters. The summed E-state index contributed by atoms with van der Waals surface area (Å²) in [6.45, 7) is 10.4. The molecule has 0 saturated heterocycles. The predicted octanol–water partition coefficient (Wildman–Crippen LogP) is 0.838. The van der Waals surface area contributed by atoms with Gasteiger partial charge in [0.2, 0.25) is 0 Å². The second-order valence-corrected chi connectivity index (χ2v) is 5.81. The SMILES string of the molecule is CCNC(C)(CO)CC(C)N1CCn2ccnc2C1. The van der Waals surface area contributed by atoms with Gasteiger partial charge < -0.3 is 15.0 Å². The van der Waals surface area contributed by atoms with Gasteiger partial charge in [-0.2, -0.15) is 0 Å². The van der Waals surface area contributed by atoms with Crippen molar-refractivity contribution in [3.63, 3.8) is 0 Å². The Labute approximate surface area is 115 Å². The molecule has 2 N–H and O–H groups in total. The van der Waals surface area contributed by atoms with Gasteiger partial charge in [-0.15, -0.1) is 0 Å². The van der Waals surface area contributed by atoms with E-state index in [0.717, 1.165) is 38.4 Å². The summed E-state index contributed by atoms with van der Waals surface area (Å²) in [5.74, 6) is 1.15. The Bertz CT molecular complexity index is 406. The lowest BCUT2D eigenvalue weighted by molar-refractivity contribution is 0.0983. The van der Waals surface area contributed by atoms with Crippen LogP contribution < -0.4 is 5.32 Å². The van der Waals surface area contributed by atoms with Crippen LogP contribution >= 0.6 is 0 Å². The van der Waals surface area contributed by atoms with Crippen molar-refractivity contribution in [2.45, 2.75) is 51.9 Å². The number of rotatable bonds is 6. The standard InChI is InChI=1S/C14H26N4O/c1-4-16-14(3,11-19)9-12(2)18-8-7-17-6-5-15-13(17)10-18/h5-6,12,16,19H,4,7-11H2,1-3H3. The monoisotopic (exact) mass is 266 g/mol. The number of aromatic nitrogens is 2. The third kappa shape index (κ3) is 3.35. The van der Waals surface area contributed by atoms with Gasteiger partial charge in [-0.25, -0.2) is 4.98 Å². The average molecular weight is 266 g/mol. The molecule has 0 aromatic carbocycles. The molecule has 2 rings (SSSR count). The molecular formula is C14H26N4O. The van der Waals surface area contributed by atoms with Crippen LogP contribution in [0.1, 0.15) is 33.0 Å². The number of nitrogens with one attached hydrogen (secondary N) is 1. The van der Waals surface area contributed by atoms with E-state index in [9.17, 15) is 5.11 Å². The molecule has 1 aromatic rings. The fraction of sp³-hybridized carbons (Fsp3) is 0.786. The number of aliphatic hydroxyl groups excluding tert-OH is 1. The molecule has 0 spiro atoms. The molecule has 1 aliphatic rings. The Kier molecular flexibility index (Phi) is 4.60. The van der Waals surface area contributed by atoms with Gasteiger partial charge in [0.15, 0.2) is 0 Å². The molecule has 0 aliphatic carbocycles. The lowest BCUT2D eigenvalue weighted by Gasteiger charge is -2.38. The van der Waals surface area contributed by atoms with Gasteiger partial charge in [0.1, 0.15) is 5.82 Å². The zero-order valence-corrected chi connectivity index (χ0v) is 12.3. The first kappa shape index (κ1) is 14.5. The molecule has 1 aromatic heterocycles. The minimum absolute atomic E-state index is 0.174. The van der Waals surface area contributed by atoms with E-state index in [-0.39, 0.29) is 12.1 Å². The van der Waals surface area contributed by atoms with Crippen molar-refractivity contribution >= 4 is 0 Å². The Balaban J connectivity index is 1.95. The van der Waals surface area contributed by atoms with Gasteiger partial charge in [-0.3, -0.25) is 4.90 Å². The summed E-state index contributed by atoms with van der Waals surface area (Å²) in [5, 5.41) is 13.0. The number of imidazole rings is 1. The second kappa shape index (κ2) is 6.03. The molecular weight excluding hydrogens is 240 g/mol. The van der Waals surface area contributed by atoms with Crippen LogP contribution in [-0.2, 0) is 13.1 Å². The van der Waals surface area contributed by atoms with E-state index in [2.05, 4.69) is 40.5 Å². The molecule has 5 heteroatoms. The molecule has 0 amide bonds. The Morgan fingerprint density at radius 3 is 3.00 bits per heavy atom. The molecule has 0 bridgehead atoms. The first-order valence-corrected chi connectivity index (χ1v) is 7.18. The Morgan fingerprint density at radius 1 is 1.53 bits per heavy atom. The largest absolute Gasteiger partial charge is 0.394 e. The van der Waals surface area contributed by atoms with Crippen LogP contribution in [0.4, 0.5) is 0 Å². The molecule has 19 heavy (non-hydrogen) atoms. The zero-order valence-electron chi connectivity index (χ0n) is 12.3. The summed E-state index contributed by atoms with van der Waals surface area (Å²) in [5.41, 5.74) is -0.193. The number of hydrogen-bond donors (Lipinski definition) is 2. The molecule has 1 aliphatic heterocycles. The normalized spacial score (nSPS) is 20.8. The maximum atomic E-state index is 9.59. The van der Waals surface area contributed by atoms with Gasteiger partial charge in [-0.1, -0.05) is 6.92 Å². The predicted molar refractivity (Wildman–Crippen MR) is 75.9 cm³/mol. The molecule has 0 saturated carbocycles. The summed E-state index contributed by atoms with van der Waals surface area (Å²) < 4.78 is 2.22. The maximum absolute atomic E-state index is 9.59. The van der Waals surface area contributed by atoms with Crippen LogP contribution in [0.5, 0.6) is 0 Å². The van der Waals surface area contributed by atoms with Gasteiger partial charge in [0.25, 0.3) is 0 Å². The highest BCUT2D eigenvalue weighted by Crippen LogP contribution is 2.20. The third-order valence-corrected chi connectivity index (χ3v) is 4.10. The minimum atomic E-state index is -0.193. The number of likely N-dealkylation sites (N-methyl/N-ethyl adjacent to an activating group) is 1. The molecule has 0 radical (unpaired) electrons. The zero-order chi connectivity index (χ0) is 13.9. The topological polar surface area (TPSA) is 53.3 Å². The highest BCUT2D eigenvalue weighted by Gasteiger charge is 2.29. The number of hydrogen-bond acceptors (Lipinski definition) is 4. The van der Waals surface area contributed by atoms with Gasteiger partial charge in [0, 0.05) is 37.1 Å². The summed E-state index contributed by atoms with van der Waals surface area (Å²) in [4.78, 5) is 6.85. The lowest BCUT2D eigenvalue weighted by atomic mass is 9.93. The van der Waals surface area contributed by atoms with Crippen molar-refractivity contribution in [1.82, 2.24) is 19.8 Å². The third-order valence-electron chi connectivity index (χ3n) is 4.10. The highest BCUT2D eigenvalue weighted by molar-refractivity contribution is 4.97. The summed E-state index contributed by atoms with van der Waals surface area (Å²) in [7, 11) is 0. The van der Waals surface area contributed by atoms with E-state index >= 15 is 0 Å². The van der Waals surface area contributed by atoms with E-state index in [0.29, 0.717) is 6.04 Å². The summed E-state index contributed by atoms with van der Waals surface area (Å²) >= 11 is 0. The van der Waals surface area contributed by atoms with Crippen LogP contribution in [0.25, 0.3) is 0 Å². The van der Waals surface area contributed by atoms with Crippen molar-refractivity contribution in [3.8, 4) is 0 Å². The highest BCUT2D eigenvalue weighted by atomic mass is 16.3. The van der Waals surface area contributed by atoms with E-state index in [4.69, 9.17) is 0 Å². The fourth-order valence-corrected chi connectivity index (χ4v) is 2.97. The first-order valence-electron chi connectivity index (χ1n) is 7.18. The van der Waals surface area contributed by atoms with Crippen molar-refractivity contribution in [2.24, 2.45) is 0 Å². The van der Waals surface area contributed by atoms with Crippen molar-refractivity contribution in [1.29, 1.82) is 0 Å². The molecule has 2 heterocycles. The molecule has 0 fully saturated rings. The first-order chi connectivity index (χ1) is 9.08. The molecule has 2 unspecified atom stereocenters. The van der Waals surface area contributed by atoms with E-state index < -0.39 is 0 Å². The maximum Gasteiger partial charge on any atom is 0.122 e. The van der Waals surface area contributed by atoms with Gasteiger partial charge in [0.05, 0.1) is 13.2 Å². The van der Waals surface area contributed by atoms with E-state index in [1.54, 1.807) is 0 Å². The quantitative estimate of drug-likeness (QED) is 0.801. The Hall–Kier alpha value is -0.910. The Morgan fingerprint density at radius 2 is 2.32 bits per heavy atom. The van der Waals surface area contributed by atoms with Crippen LogP contribution in [0, 0.1) is 0 Å². The van der Waals surface area contributed by atoms with Gasteiger partial charge >= 0.3 is 0 Å². The summed E-state index contributed by atoms with van der Waals surface area (Å²) in [6, 6.07) is 0.432. The van der Waals surface area contributed by atoms with E-state index in [1.807, 2.05) is 12.4 Å². The fourth-order valence-electron chi connectivity index (χ4n) is 2.97. The van der Waals surface area contributed by atoms with Crippen LogP contribution in [0.2, 0.25) is 0 Å². The summed E-state index contributed by atoms with van der Waals surface area (Å²) in [6.07, 6.45) is 4.87. The molecule has 5 nitrogen and oxygen atoms in total. The van der Waals surface area contributed by atoms with Crippen LogP contribution in [0.15, 0.2) is 12.4 Å². The van der Waals surface area contributed by atoms with Crippen molar-refractivity contribution < 1.29 is 5.11 Å². The molecule has 108 valence electrons. The average Bonchev–Trinajstić information content (AvgIpc) is 2.86. The van der Waals surface area contributed by atoms with Crippen molar-refractivity contribution in [3.05, 3.63) is 18.2 Å². The van der Waals surface area contributed by atoms with Crippen molar-refractivity contribution in [2.75, 3.05) is 19.7 Å². The lowest BCUT2D eigenvalue weighted by Crippen LogP contribution is -2.51. The van der Waals surface area contributed by atoms with Gasteiger partial charge in [-0.05, 0) is 26.8 Å².